The minimum Gasteiger partial charge on any atom is -0.493 e. The zero-order valence-electron chi connectivity index (χ0n) is 12.7. The molecule has 0 aromatic heterocycles. The largest absolute Gasteiger partial charge is 0.493 e. The van der Waals surface area contributed by atoms with E-state index in [9.17, 15) is 9.59 Å². The fraction of sp³-hybridized carbons (Fsp3) is 0.500. The van der Waals surface area contributed by atoms with Crippen LogP contribution in [0.1, 0.15) is 18.9 Å². The zero-order chi connectivity index (χ0) is 15.7. The molecule has 5 nitrogen and oxygen atoms in total. The summed E-state index contributed by atoms with van der Waals surface area (Å²) in [6, 6.07) is 5.85. The summed E-state index contributed by atoms with van der Waals surface area (Å²) >= 11 is 1.26. The van der Waals surface area contributed by atoms with E-state index >= 15 is 0 Å². The first kappa shape index (κ1) is 15.2. The summed E-state index contributed by atoms with van der Waals surface area (Å²) in [7, 11) is 1.62. The molecule has 0 saturated carbocycles. The van der Waals surface area contributed by atoms with Gasteiger partial charge in [0.05, 0.1) is 13.2 Å². The molecule has 3 rings (SSSR count). The maximum absolute atomic E-state index is 12.2. The number of para-hydroxylation sites is 1. The lowest BCUT2D eigenvalue weighted by Gasteiger charge is -2.33. The highest BCUT2D eigenvalue weighted by molar-refractivity contribution is 8.14. The smallest absolute Gasteiger partial charge is 0.224 e. The van der Waals surface area contributed by atoms with Gasteiger partial charge in [0.2, 0.25) is 5.91 Å². The van der Waals surface area contributed by atoms with Gasteiger partial charge in [-0.05, 0) is 12.5 Å². The number of ether oxygens (including phenoxy) is 2. The van der Waals surface area contributed by atoms with Crippen molar-refractivity contribution in [3.8, 4) is 11.5 Å². The second-order valence-electron chi connectivity index (χ2n) is 5.60. The third-order valence-electron chi connectivity index (χ3n) is 4.05. The maximum Gasteiger partial charge on any atom is 0.224 e. The number of hydrogen-bond donors (Lipinski definition) is 0. The Bertz CT molecular complexity index is 604. The number of methoxy groups -OCH3 is 1. The minimum absolute atomic E-state index is 0.0321. The number of rotatable bonds is 3. The van der Waals surface area contributed by atoms with Crippen molar-refractivity contribution in [2.75, 3.05) is 20.3 Å². The van der Waals surface area contributed by atoms with E-state index in [1.54, 1.807) is 14.0 Å². The summed E-state index contributed by atoms with van der Waals surface area (Å²) in [6.07, 6.45) is 1.20. The lowest BCUT2D eigenvalue weighted by atomic mass is 10.0. The Hall–Kier alpha value is -1.69. The summed E-state index contributed by atoms with van der Waals surface area (Å²) < 4.78 is 11.2. The number of carbonyl (C=O) groups is 2. The van der Waals surface area contributed by atoms with Crippen molar-refractivity contribution < 1.29 is 19.1 Å². The highest BCUT2D eigenvalue weighted by Gasteiger charge is 2.37. The molecule has 6 heteroatoms. The normalized spacial score (nSPS) is 23.9. The van der Waals surface area contributed by atoms with Gasteiger partial charge in [-0.1, -0.05) is 23.9 Å². The molecule has 22 heavy (non-hydrogen) atoms. The van der Waals surface area contributed by atoms with Crippen LogP contribution in [-0.4, -0.2) is 47.5 Å². The summed E-state index contributed by atoms with van der Waals surface area (Å²) in [5.41, 5.74) is 1.06. The fourth-order valence-electron chi connectivity index (χ4n) is 3.10. The van der Waals surface area contributed by atoms with Gasteiger partial charge in [0.15, 0.2) is 16.6 Å². The van der Waals surface area contributed by atoms with Crippen molar-refractivity contribution in [3.05, 3.63) is 23.8 Å². The van der Waals surface area contributed by atoms with Crippen LogP contribution in [0.2, 0.25) is 0 Å². The molecule has 0 aliphatic carbocycles. The molecule has 1 amide bonds. The first-order valence-electron chi connectivity index (χ1n) is 7.34. The number of carbonyl (C=O) groups excluding carboxylic acids is 2. The number of benzene rings is 1. The van der Waals surface area contributed by atoms with Crippen LogP contribution in [-0.2, 0) is 16.0 Å². The zero-order valence-corrected chi connectivity index (χ0v) is 13.5. The van der Waals surface area contributed by atoms with E-state index in [4.69, 9.17) is 9.47 Å². The molecule has 1 aromatic carbocycles. The fourth-order valence-corrected chi connectivity index (χ4v) is 4.03. The molecule has 2 heterocycles. The van der Waals surface area contributed by atoms with Gasteiger partial charge in [0, 0.05) is 30.7 Å². The van der Waals surface area contributed by atoms with Crippen LogP contribution in [0.4, 0.5) is 0 Å². The van der Waals surface area contributed by atoms with Crippen LogP contribution >= 0.6 is 11.8 Å². The topological polar surface area (TPSA) is 55.8 Å². The molecule has 1 fully saturated rings. The van der Waals surface area contributed by atoms with Crippen molar-refractivity contribution in [2.45, 2.75) is 31.1 Å². The molecule has 0 N–H and O–H groups in total. The van der Waals surface area contributed by atoms with Crippen LogP contribution in [0.25, 0.3) is 0 Å². The van der Waals surface area contributed by atoms with Crippen molar-refractivity contribution in [2.24, 2.45) is 0 Å². The molecule has 2 aliphatic heterocycles. The maximum atomic E-state index is 12.2. The van der Waals surface area contributed by atoms with Gasteiger partial charge in [0.25, 0.3) is 0 Å². The quantitative estimate of drug-likeness (QED) is 0.851. The van der Waals surface area contributed by atoms with Crippen molar-refractivity contribution in [1.82, 2.24) is 4.90 Å². The third-order valence-corrected chi connectivity index (χ3v) is 5.03. The number of fused-ring (bicyclic) bond motifs is 1. The molecule has 1 aromatic rings. The molecule has 2 unspecified atom stereocenters. The molecular formula is C16H19NO4S. The first-order chi connectivity index (χ1) is 10.6. The average Bonchev–Trinajstić information content (AvgIpc) is 2.85. The lowest BCUT2D eigenvalue weighted by molar-refractivity contribution is -0.130. The molecule has 2 atom stereocenters. The highest BCUT2D eigenvalue weighted by atomic mass is 32.2. The SMILES string of the molecule is COc1cccc2c1OCC(N1CC(SC(C)=O)CC1=O)C2. The lowest BCUT2D eigenvalue weighted by Crippen LogP contribution is -2.44. The van der Waals surface area contributed by atoms with E-state index in [2.05, 4.69) is 0 Å². The van der Waals surface area contributed by atoms with Crippen LogP contribution in [0, 0.1) is 0 Å². The van der Waals surface area contributed by atoms with Crippen molar-refractivity contribution in [1.29, 1.82) is 0 Å². The van der Waals surface area contributed by atoms with Crippen LogP contribution in [0.3, 0.4) is 0 Å². The van der Waals surface area contributed by atoms with E-state index in [0.717, 1.165) is 23.5 Å². The average molecular weight is 321 g/mol. The first-order valence-corrected chi connectivity index (χ1v) is 8.22. The molecule has 2 aliphatic rings. The van der Waals surface area contributed by atoms with Crippen molar-refractivity contribution >= 4 is 22.8 Å². The Morgan fingerprint density at radius 1 is 1.41 bits per heavy atom. The Balaban J connectivity index is 1.72. The standard InChI is InChI=1S/C16H19NO4S/c1-10(18)22-13-7-15(19)17(8-13)12-6-11-4-3-5-14(20-2)16(11)21-9-12/h3-5,12-13H,6-9H2,1-2H3. The van der Waals surface area contributed by atoms with E-state index in [1.807, 2.05) is 23.1 Å². The molecular weight excluding hydrogens is 302 g/mol. The number of nitrogens with zero attached hydrogens (tertiary/aromatic N) is 1. The van der Waals surface area contributed by atoms with E-state index < -0.39 is 0 Å². The van der Waals surface area contributed by atoms with Gasteiger partial charge in [-0.3, -0.25) is 9.59 Å². The van der Waals surface area contributed by atoms with Crippen LogP contribution in [0.15, 0.2) is 18.2 Å². The second kappa shape index (κ2) is 6.20. The van der Waals surface area contributed by atoms with Gasteiger partial charge in [0.1, 0.15) is 6.61 Å². The summed E-state index contributed by atoms with van der Waals surface area (Å²) in [6.45, 7) is 2.64. The Morgan fingerprint density at radius 3 is 2.95 bits per heavy atom. The highest BCUT2D eigenvalue weighted by Crippen LogP contribution is 2.36. The molecule has 0 radical (unpaired) electrons. The van der Waals surface area contributed by atoms with Gasteiger partial charge in [-0.15, -0.1) is 0 Å². The van der Waals surface area contributed by atoms with E-state index in [-0.39, 0.29) is 22.3 Å². The number of thioether (sulfide) groups is 1. The number of likely N-dealkylation sites (tertiary alicyclic amines) is 1. The minimum atomic E-state index is 0.0321. The van der Waals surface area contributed by atoms with Gasteiger partial charge in [-0.25, -0.2) is 0 Å². The predicted molar refractivity (Wildman–Crippen MR) is 84.4 cm³/mol. The molecule has 0 spiro atoms. The summed E-state index contributed by atoms with van der Waals surface area (Å²) in [4.78, 5) is 25.3. The second-order valence-corrected chi connectivity index (χ2v) is 7.08. The number of amides is 1. The van der Waals surface area contributed by atoms with Crippen LogP contribution < -0.4 is 9.47 Å². The number of hydrogen-bond acceptors (Lipinski definition) is 5. The van der Waals surface area contributed by atoms with E-state index in [0.29, 0.717) is 19.6 Å². The van der Waals surface area contributed by atoms with Crippen LogP contribution in [0.5, 0.6) is 11.5 Å². The van der Waals surface area contributed by atoms with Gasteiger partial charge >= 0.3 is 0 Å². The van der Waals surface area contributed by atoms with E-state index in [1.165, 1.54) is 11.8 Å². The monoisotopic (exact) mass is 321 g/mol. The van der Waals surface area contributed by atoms with Gasteiger partial charge in [-0.2, -0.15) is 0 Å². The van der Waals surface area contributed by atoms with Gasteiger partial charge < -0.3 is 14.4 Å². The Kier molecular flexibility index (Phi) is 4.29. The Morgan fingerprint density at radius 2 is 2.23 bits per heavy atom. The summed E-state index contributed by atoms with van der Waals surface area (Å²) in [5, 5.41) is 0.131. The predicted octanol–water partition coefficient (Wildman–Crippen LogP) is 1.88. The molecule has 1 saturated heterocycles. The summed E-state index contributed by atoms with van der Waals surface area (Å²) in [5.74, 6) is 1.62. The molecule has 118 valence electrons. The Labute approximate surface area is 134 Å². The van der Waals surface area contributed by atoms with Crippen molar-refractivity contribution in [3.63, 3.8) is 0 Å². The third kappa shape index (κ3) is 2.92. The molecule has 0 bridgehead atoms.